The number of carbonyl (C=O) groups is 1. The second kappa shape index (κ2) is 11.3. The number of hydrogen-bond donors (Lipinski definition) is 1. The number of quaternary nitrogens is 1. The first kappa shape index (κ1) is 26.6. The van der Waals surface area contributed by atoms with Crippen molar-refractivity contribution in [2.45, 2.75) is 61.9 Å². The highest BCUT2D eigenvalue weighted by atomic mass is 35.5. The summed E-state index contributed by atoms with van der Waals surface area (Å²) in [5.41, 5.74) is 0. The average Bonchev–Trinajstić information content (AvgIpc) is 3.29. The van der Waals surface area contributed by atoms with Gasteiger partial charge in [-0.15, -0.1) is 0 Å². The summed E-state index contributed by atoms with van der Waals surface area (Å²) in [5.74, 6) is 0.128. The number of nitrogens with one attached hydrogen (secondary N) is 1. The van der Waals surface area contributed by atoms with Crippen molar-refractivity contribution in [2.24, 2.45) is 0 Å². The van der Waals surface area contributed by atoms with Crippen LogP contribution in [0.1, 0.15) is 44.9 Å². The van der Waals surface area contributed by atoms with Gasteiger partial charge in [0.15, 0.2) is 6.61 Å². The highest BCUT2D eigenvalue weighted by molar-refractivity contribution is 7.89. The zero-order valence-corrected chi connectivity index (χ0v) is 22.4. The monoisotopic (exact) mass is 552 g/mol. The summed E-state index contributed by atoms with van der Waals surface area (Å²) >= 11 is 18.4. The Kier molecular flexibility index (Phi) is 8.84. The fraction of sp³-hybridized carbons (Fsp3) is 0.696. The van der Waals surface area contributed by atoms with Crippen LogP contribution in [0.5, 0.6) is 0 Å². The number of carbonyl (C=O) groups excluding carboxylic acids is 1. The lowest BCUT2D eigenvalue weighted by Gasteiger charge is -2.46. The molecule has 0 radical (unpaired) electrons. The predicted molar refractivity (Wildman–Crippen MR) is 134 cm³/mol. The highest BCUT2D eigenvalue weighted by Crippen LogP contribution is 2.37. The average molecular weight is 554 g/mol. The standard InChI is InChI=1S/C23H33Cl3N3O4S/c24-17-13-20(25)23(21(26)14-17)34(31,32)28-10-4-5-18(28)15-33-16-22(30)29(11-2-1-3-12-29)19-6-8-27-9-7-19/h13-14,18-19,27H,1-12,15-16H2/q+1. The molecule has 7 nitrogen and oxygen atoms in total. The van der Waals surface area contributed by atoms with Crippen LogP contribution in [-0.2, 0) is 19.6 Å². The van der Waals surface area contributed by atoms with Crippen LogP contribution < -0.4 is 5.32 Å². The first-order valence-corrected chi connectivity index (χ1v) is 14.7. The molecule has 0 bridgehead atoms. The number of sulfonamides is 1. The third kappa shape index (κ3) is 5.44. The largest absolute Gasteiger partial charge is 0.366 e. The van der Waals surface area contributed by atoms with Crippen molar-refractivity contribution in [2.75, 3.05) is 45.9 Å². The first-order chi connectivity index (χ1) is 16.3. The highest BCUT2D eigenvalue weighted by Gasteiger charge is 2.45. The molecule has 1 N–H and O–H groups in total. The van der Waals surface area contributed by atoms with Crippen molar-refractivity contribution in [1.29, 1.82) is 0 Å². The maximum absolute atomic E-state index is 13.5. The molecule has 3 heterocycles. The van der Waals surface area contributed by atoms with E-state index in [1.807, 2.05) is 0 Å². The van der Waals surface area contributed by atoms with E-state index in [1.165, 1.54) is 22.9 Å². The Morgan fingerprint density at radius 2 is 1.68 bits per heavy atom. The predicted octanol–water partition coefficient (Wildman–Crippen LogP) is 4.10. The van der Waals surface area contributed by atoms with Crippen LogP contribution in [-0.4, -0.2) is 81.1 Å². The van der Waals surface area contributed by atoms with Crippen LogP contribution in [0.4, 0.5) is 0 Å². The van der Waals surface area contributed by atoms with Crippen LogP contribution in [0.15, 0.2) is 17.0 Å². The summed E-state index contributed by atoms with van der Waals surface area (Å²) in [7, 11) is -3.93. The lowest BCUT2D eigenvalue weighted by atomic mass is 9.96. The second-order valence-corrected chi connectivity index (χ2v) is 12.6. The molecule has 0 aromatic heterocycles. The molecule has 1 amide bonds. The Morgan fingerprint density at radius 1 is 1.03 bits per heavy atom. The van der Waals surface area contributed by atoms with E-state index >= 15 is 0 Å². The van der Waals surface area contributed by atoms with Gasteiger partial charge < -0.3 is 10.1 Å². The van der Waals surface area contributed by atoms with Gasteiger partial charge in [0.05, 0.1) is 35.8 Å². The number of halogens is 3. The Hall–Kier alpha value is -0.450. The maximum atomic E-state index is 13.5. The van der Waals surface area contributed by atoms with E-state index in [0.717, 1.165) is 51.9 Å². The number of rotatable bonds is 7. The van der Waals surface area contributed by atoms with Crippen molar-refractivity contribution in [1.82, 2.24) is 9.62 Å². The van der Waals surface area contributed by atoms with E-state index in [-0.39, 0.29) is 45.1 Å². The van der Waals surface area contributed by atoms with Crippen molar-refractivity contribution in [3.8, 4) is 0 Å². The number of amides is 1. The summed E-state index contributed by atoms with van der Waals surface area (Å²) in [6, 6.07) is 2.74. The van der Waals surface area contributed by atoms with Crippen molar-refractivity contribution >= 4 is 50.7 Å². The van der Waals surface area contributed by atoms with Crippen LogP contribution in [0.2, 0.25) is 15.1 Å². The molecule has 0 saturated carbocycles. The summed E-state index contributed by atoms with van der Waals surface area (Å²) in [6.45, 7) is 4.19. The van der Waals surface area contributed by atoms with Gasteiger partial charge in [0.2, 0.25) is 10.0 Å². The Morgan fingerprint density at radius 3 is 2.32 bits per heavy atom. The Labute approximate surface area is 217 Å². The number of likely N-dealkylation sites (tertiary alicyclic amines) is 1. The molecule has 3 fully saturated rings. The van der Waals surface area contributed by atoms with Gasteiger partial charge in [0, 0.05) is 43.5 Å². The van der Waals surface area contributed by atoms with E-state index in [0.29, 0.717) is 29.9 Å². The molecular weight excluding hydrogens is 521 g/mol. The van der Waals surface area contributed by atoms with Gasteiger partial charge in [-0.2, -0.15) is 4.31 Å². The third-order valence-corrected chi connectivity index (χ3v) is 10.6. The van der Waals surface area contributed by atoms with Crippen LogP contribution >= 0.6 is 34.8 Å². The van der Waals surface area contributed by atoms with E-state index in [2.05, 4.69) is 5.32 Å². The fourth-order valence-electron chi connectivity index (χ4n) is 5.79. The van der Waals surface area contributed by atoms with Gasteiger partial charge in [-0.1, -0.05) is 34.8 Å². The number of ether oxygens (including phenoxy) is 1. The normalized spacial score (nSPS) is 24.4. The fourth-order valence-corrected chi connectivity index (χ4v) is 8.97. The number of hydrogen-bond acceptors (Lipinski definition) is 5. The van der Waals surface area contributed by atoms with E-state index in [1.54, 1.807) is 0 Å². The molecule has 3 aliphatic rings. The van der Waals surface area contributed by atoms with Crippen LogP contribution in [0.3, 0.4) is 0 Å². The van der Waals surface area contributed by atoms with Crippen LogP contribution in [0, 0.1) is 0 Å². The summed E-state index contributed by atoms with van der Waals surface area (Å²) < 4.78 is 34.6. The van der Waals surface area contributed by atoms with E-state index < -0.39 is 10.0 Å². The zero-order valence-electron chi connectivity index (χ0n) is 19.3. The molecule has 3 aliphatic heterocycles. The third-order valence-electron chi connectivity index (χ3n) is 7.51. The van der Waals surface area contributed by atoms with Gasteiger partial charge in [0.1, 0.15) is 4.90 Å². The molecule has 1 atom stereocenters. The second-order valence-electron chi connectivity index (χ2n) is 9.54. The molecule has 1 unspecified atom stereocenters. The molecule has 1 aromatic carbocycles. The van der Waals surface area contributed by atoms with Crippen molar-refractivity contribution < 1.29 is 22.4 Å². The minimum absolute atomic E-state index is 0.00208. The number of piperidine rings is 2. The molecule has 190 valence electrons. The first-order valence-electron chi connectivity index (χ1n) is 12.1. The minimum atomic E-state index is -3.93. The Balaban J connectivity index is 1.42. The summed E-state index contributed by atoms with van der Waals surface area (Å²) in [6.07, 6.45) is 6.67. The molecule has 0 aliphatic carbocycles. The molecule has 11 heteroatoms. The SMILES string of the molecule is O=C(COCC1CCCN1S(=O)(=O)c1c(Cl)cc(Cl)cc1Cl)[N+]1(C2CCNCC2)CCCCC1. The lowest BCUT2D eigenvalue weighted by molar-refractivity contribution is -0.885. The van der Waals surface area contributed by atoms with Gasteiger partial charge in [-0.25, -0.2) is 13.2 Å². The Bertz CT molecular complexity index is 972. The molecule has 3 saturated heterocycles. The zero-order chi connectivity index (χ0) is 24.3. The topological polar surface area (TPSA) is 75.7 Å². The van der Waals surface area contributed by atoms with Crippen LogP contribution in [0.25, 0.3) is 0 Å². The molecule has 1 aromatic rings. The molecular formula is C23H33Cl3N3O4S+. The summed E-state index contributed by atoms with van der Waals surface area (Å²) in [4.78, 5) is 13.3. The van der Waals surface area contributed by atoms with Gasteiger partial charge in [-0.05, 0) is 44.2 Å². The molecule has 34 heavy (non-hydrogen) atoms. The van der Waals surface area contributed by atoms with E-state index in [9.17, 15) is 13.2 Å². The summed E-state index contributed by atoms with van der Waals surface area (Å²) in [5, 5.41) is 3.66. The van der Waals surface area contributed by atoms with Gasteiger partial charge >= 0.3 is 5.91 Å². The van der Waals surface area contributed by atoms with Gasteiger partial charge in [-0.3, -0.25) is 4.48 Å². The van der Waals surface area contributed by atoms with E-state index in [4.69, 9.17) is 39.5 Å². The molecule has 4 rings (SSSR count). The van der Waals surface area contributed by atoms with Gasteiger partial charge in [0.25, 0.3) is 0 Å². The number of nitrogens with zero attached hydrogens (tertiary/aromatic N) is 2. The lowest BCUT2D eigenvalue weighted by Crippen LogP contribution is -2.64. The molecule has 0 spiro atoms. The quantitative estimate of drug-likeness (QED) is 0.515. The number of benzene rings is 1. The van der Waals surface area contributed by atoms with Crippen molar-refractivity contribution in [3.05, 3.63) is 27.2 Å². The van der Waals surface area contributed by atoms with Crippen molar-refractivity contribution in [3.63, 3.8) is 0 Å². The smallest absolute Gasteiger partial charge is 0.339 e. The maximum Gasteiger partial charge on any atom is 0.339 e. The minimum Gasteiger partial charge on any atom is -0.366 e.